The van der Waals surface area contributed by atoms with E-state index in [4.69, 9.17) is 4.74 Å². The van der Waals surface area contributed by atoms with E-state index in [2.05, 4.69) is 49.9 Å². The topological polar surface area (TPSA) is 87.8 Å². The average Bonchev–Trinajstić information content (AvgIpc) is 3.26. The Morgan fingerprint density at radius 3 is 2.92 bits per heavy atom. The molecule has 1 aromatic carbocycles. The van der Waals surface area contributed by atoms with Crippen molar-refractivity contribution in [3.63, 3.8) is 0 Å². The SMILES string of the molecule is Cc1ccc(Nc2nc(NCC3CCCO3)nc3[nH]ncc23)cc1. The molecule has 1 atom stereocenters. The van der Waals surface area contributed by atoms with Crippen molar-refractivity contribution in [1.29, 1.82) is 0 Å². The van der Waals surface area contributed by atoms with Gasteiger partial charge in [-0.1, -0.05) is 17.7 Å². The van der Waals surface area contributed by atoms with E-state index in [0.717, 1.165) is 36.3 Å². The Morgan fingerprint density at radius 1 is 1.25 bits per heavy atom. The van der Waals surface area contributed by atoms with Gasteiger partial charge >= 0.3 is 0 Å². The molecule has 0 saturated carbocycles. The number of fused-ring (bicyclic) bond motifs is 1. The highest BCUT2D eigenvalue weighted by molar-refractivity contribution is 5.89. The van der Waals surface area contributed by atoms with Crippen LogP contribution in [-0.4, -0.2) is 39.4 Å². The lowest BCUT2D eigenvalue weighted by atomic mass is 10.2. The van der Waals surface area contributed by atoms with Crippen LogP contribution in [0.25, 0.3) is 11.0 Å². The van der Waals surface area contributed by atoms with Gasteiger partial charge in [-0.2, -0.15) is 15.1 Å². The lowest BCUT2D eigenvalue weighted by Crippen LogP contribution is -2.19. The van der Waals surface area contributed by atoms with Crippen LogP contribution in [0.3, 0.4) is 0 Å². The molecule has 7 nitrogen and oxygen atoms in total. The first-order valence-electron chi connectivity index (χ1n) is 8.18. The van der Waals surface area contributed by atoms with Crippen LogP contribution in [0.1, 0.15) is 18.4 Å². The maximum Gasteiger partial charge on any atom is 0.226 e. The van der Waals surface area contributed by atoms with Crippen molar-refractivity contribution < 1.29 is 4.74 Å². The number of H-pyrrole nitrogens is 1. The third-order valence-electron chi connectivity index (χ3n) is 4.14. The average molecular weight is 324 g/mol. The molecule has 0 spiro atoms. The Kier molecular flexibility index (Phi) is 4.00. The van der Waals surface area contributed by atoms with Crippen molar-refractivity contribution in [3.05, 3.63) is 36.0 Å². The van der Waals surface area contributed by atoms with Crippen molar-refractivity contribution in [2.24, 2.45) is 0 Å². The van der Waals surface area contributed by atoms with E-state index in [1.807, 2.05) is 12.1 Å². The maximum absolute atomic E-state index is 5.63. The number of ether oxygens (including phenoxy) is 1. The van der Waals surface area contributed by atoms with Crippen LogP contribution >= 0.6 is 0 Å². The Hall–Kier alpha value is -2.67. The summed E-state index contributed by atoms with van der Waals surface area (Å²) >= 11 is 0. The molecule has 3 aromatic rings. The summed E-state index contributed by atoms with van der Waals surface area (Å²) in [6.45, 7) is 3.62. The Bertz CT molecular complexity index is 823. The third kappa shape index (κ3) is 3.16. The molecular formula is C17H20N6O. The summed E-state index contributed by atoms with van der Waals surface area (Å²) in [5.41, 5.74) is 2.90. The molecule has 124 valence electrons. The molecule has 2 aromatic heterocycles. The van der Waals surface area contributed by atoms with Crippen LogP contribution in [0, 0.1) is 6.92 Å². The summed E-state index contributed by atoms with van der Waals surface area (Å²) in [6.07, 6.45) is 4.16. The van der Waals surface area contributed by atoms with Crippen LogP contribution in [0.2, 0.25) is 0 Å². The number of nitrogens with zero attached hydrogens (tertiary/aromatic N) is 3. The van der Waals surface area contributed by atoms with Crippen molar-refractivity contribution in [3.8, 4) is 0 Å². The van der Waals surface area contributed by atoms with Gasteiger partial charge in [0.15, 0.2) is 5.65 Å². The van der Waals surface area contributed by atoms with E-state index in [1.165, 1.54) is 5.56 Å². The van der Waals surface area contributed by atoms with Crippen LogP contribution in [0.15, 0.2) is 30.5 Å². The van der Waals surface area contributed by atoms with Gasteiger partial charge in [-0.3, -0.25) is 5.10 Å². The first kappa shape index (κ1) is 14.9. The molecule has 1 aliphatic rings. The van der Waals surface area contributed by atoms with E-state index >= 15 is 0 Å². The quantitative estimate of drug-likeness (QED) is 0.669. The van der Waals surface area contributed by atoms with Gasteiger partial charge in [-0.15, -0.1) is 0 Å². The van der Waals surface area contributed by atoms with Gasteiger partial charge < -0.3 is 15.4 Å². The number of rotatable bonds is 5. The lowest BCUT2D eigenvalue weighted by molar-refractivity contribution is 0.120. The molecule has 1 unspecified atom stereocenters. The minimum atomic E-state index is 0.236. The number of anilines is 3. The zero-order chi connectivity index (χ0) is 16.4. The molecule has 24 heavy (non-hydrogen) atoms. The standard InChI is InChI=1S/C17H20N6O/c1-11-4-6-12(7-5-11)20-15-14-10-19-23-16(14)22-17(21-15)18-9-13-3-2-8-24-13/h4-7,10,13H,2-3,8-9H2,1H3,(H3,18,19,20,21,22,23). The van der Waals surface area contributed by atoms with Gasteiger partial charge in [0, 0.05) is 18.8 Å². The largest absolute Gasteiger partial charge is 0.376 e. The lowest BCUT2D eigenvalue weighted by Gasteiger charge is -2.12. The van der Waals surface area contributed by atoms with Gasteiger partial charge in [0.1, 0.15) is 5.82 Å². The van der Waals surface area contributed by atoms with Gasteiger partial charge in [-0.25, -0.2) is 0 Å². The Labute approximate surface area is 139 Å². The Morgan fingerprint density at radius 2 is 2.12 bits per heavy atom. The van der Waals surface area contributed by atoms with Gasteiger partial charge in [-0.05, 0) is 31.9 Å². The van der Waals surface area contributed by atoms with Crippen molar-refractivity contribution in [2.75, 3.05) is 23.8 Å². The smallest absolute Gasteiger partial charge is 0.226 e. The van der Waals surface area contributed by atoms with Gasteiger partial charge in [0.25, 0.3) is 0 Å². The molecule has 3 heterocycles. The molecule has 1 aliphatic heterocycles. The highest BCUT2D eigenvalue weighted by atomic mass is 16.5. The molecule has 0 bridgehead atoms. The van der Waals surface area contributed by atoms with Crippen LogP contribution in [0.4, 0.5) is 17.5 Å². The second kappa shape index (κ2) is 6.45. The van der Waals surface area contributed by atoms with Crippen molar-refractivity contribution >= 4 is 28.5 Å². The van der Waals surface area contributed by atoms with E-state index in [1.54, 1.807) is 6.20 Å². The zero-order valence-electron chi connectivity index (χ0n) is 13.5. The fraction of sp³-hybridized carbons (Fsp3) is 0.353. The van der Waals surface area contributed by atoms with E-state index in [0.29, 0.717) is 18.1 Å². The molecular weight excluding hydrogens is 304 g/mol. The third-order valence-corrected chi connectivity index (χ3v) is 4.14. The minimum absolute atomic E-state index is 0.236. The van der Waals surface area contributed by atoms with Gasteiger partial charge in [0.2, 0.25) is 5.95 Å². The van der Waals surface area contributed by atoms with Gasteiger partial charge in [0.05, 0.1) is 17.7 Å². The number of aryl methyl sites for hydroxylation is 1. The number of benzene rings is 1. The first-order valence-corrected chi connectivity index (χ1v) is 8.18. The zero-order valence-corrected chi connectivity index (χ0v) is 13.5. The summed E-state index contributed by atoms with van der Waals surface area (Å²) in [5, 5.41) is 14.5. The summed E-state index contributed by atoms with van der Waals surface area (Å²) in [5.74, 6) is 1.30. The molecule has 0 aliphatic carbocycles. The number of hydrogen-bond acceptors (Lipinski definition) is 6. The monoisotopic (exact) mass is 324 g/mol. The summed E-state index contributed by atoms with van der Waals surface area (Å²) in [4.78, 5) is 9.08. The van der Waals surface area contributed by atoms with Crippen LogP contribution in [0.5, 0.6) is 0 Å². The predicted molar refractivity (Wildman–Crippen MR) is 93.6 cm³/mol. The second-order valence-corrected chi connectivity index (χ2v) is 6.04. The molecule has 3 N–H and O–H groups in total. The van der Waals surface area contributed by atoms with E-state index < -0.39 is 0 Å². The van der Waals surface area contributed by atoms with E-state index in [9.17, 15) is 0 Å². The highest BCUT2D eigenvalue weighted by Crippen LogP contribution is 2.24. The van der Waals surface area contributed by atoms with Crippen LogP contribution in [-0.2, 0) is 4.74 Å². The van der Waals surface area contributed by atoms with E-state index in [-0.39, 0.29) is 6.10 Å². The highest BCUT2D eigenvalue weighted by Gasteiger charge is 2.16. The predicted octanol–water partition coefficient (Wildman–Crippen LogP) is 3.00. The number of aromatic amines is 1. The maximum atomic E-state index is 5.63. The molecule has 4 rings (SSSR count). The van der Waals surface area contributed by atoms with Crippen molar-refractivity contribution in [2.45, 2.75) is 25.9 Å². The molecule has 7 heteroatoms. The Balaban J connectivity index is 1.58. The molecule has 0 radical (unpaired) electrons. The minimum Gasteiger partial charge on any atom is -0.376 e. The first-order chi connectivity index (χ1) is 11.8. The fourth-order valence-electron chi connectivity index (χ4n) is 2.79. The molecule has 0 amide bonds. The number of nitrogens with one attached hydrogen (secondary N) is 3. The summed E-state index contributed by atoms with van der Waals surface area (Å²) in [7, 11) is 0. The number of hydrogen-bond donors (Lipinski definition) is 3. The molecule has 1 fully saturated rings. The summed E-state index contributed by atoms with van der Waals surface area (Å²) in [6, 6.07) is 8.19. The van der Waals surface area contributed by atoms with Crippen LogP contribution < -0.4 is 10.6 Å². The van der Waals surface area contributed by atoms with Crippen molar-refractivity contribution in [1.82, 2.24) is 20.2 Å². The summed E-state index contributed by atoms with van der Waals surface area (Å²) < 4.78 is 5.63. The normalized spacial score (nSPS) is 17.3. The molecule has 1 saturated heterocycles. The fourth-order valence-corrected chi connectivity index (χ4v) is 2.79. The number of aromatic nitrogens is 4. The second-order valence-electron chi connectivity index (χ2n) is 6.04.